The monoisotopic (exact) mass is 666 g/mol. The Kier molecular flexibility index (Phi) is 19.4. The molecular formula is C38H50O10. The SMILES string of the molecule is CC(=O)OC(COCCCCOCCOc1ccc(OCCOCCCCOCC(OC(C)=O)c2ccccc2)cc1)c1ccccc1. The van der Waals surface area contributed by atoms with Gasteiger partial charge in [0.05, 0.1) is 26.4 Å². The Morgan fingerprint density at radius 1 is 0.458 bits per heavy atom. The average molecular weight is 667 g/mol. The lowest BCUT2D eigenvalue weighted by Gasteiger charge is -2.17. The minimum absolute atomic E-state index is 0.325. The molecule has 0 amide bonds. The molecule has 2 atom stereocenters. The minimum atomic E-state index is -0.401. The molecule has 0 aromatic heterocycles. The highest BCUT2D eigenvalue weighted by Gasteiger charge is 2.15. The molecule has 3 aromatic rings. The van der Waals surface area contributed by atoms with E-state index < -0.39 is 12.2 Å². The van der Waals surface area contributed by atoms with E-state index in [1.54, 1.807) is 0 Å². The van der Waals surface area contributed by atoms with Crippen LogP contribution in [0.5, 0.6) is 11.5 Å². The maximum Gasteiger partial charge on any atom is 0.303 e. The second-order valence-corrected chi connectivity index (χ2v) is 11.0. The number of carbonyl (C=O) groups excluding carboxylic acids is 2. The quantitative estimate of drug-likeness (QED) is 0.0680. The smallest absolute Gasteiger partial charge is 0.303 e. The fourth-order valence-electron chi connectivity index (χ4n) is 4.60. The standard InChI is InChI=1S/C38H50O10/c1-31(39)47-37(33-13-5-3-6-14-33)29-43-23-11-9-21-41-25-27-45-35-17-19-36(20-18-35)46-28-26-42-22-10-12-24-44-30-38(48-32(2)40)34-15-7-4-8-16-34/h3-8,13-20,37-38H,9-12,21-30H2,1-2H3. The first-order valence-corrected chi connectivity index (χ1v) is 16.6. The molecule has 0 saturated carbocycles. The molecule has 0 aliphatic heterocycles. The maximum absolute atomic E-state index is 11.4. The van der Waals surface area contributed by atoms with Gasteiger partial charge in [0.25, 0.3) is 0 Å². The number of hydrogen-bond acceptors (Lipinski definition) is 10. The Morgan fingerprint density at radius 2 is 0.812 bits per heavy atom. The first kappa shape index (κ1) is 38.5. The zero-order valence-electron chi connectivity index (χ0n) is 28.2. The molecule has 262 valence electrons. The van der Waals surface area contributed by atoms with Gasteiger partial charge in [0, 0.05) is 40.3 Å². The molecule has 0 fully saturated rings. The van der Waals surface area contributed by atoms with Gasteiger partial charge in [-0.15, -0.1) is 0 Å². The third-order valence-corrected chi connectivity index (χ3v) is 6.97. The summed E-state index contributed by atoms with van der Waals surface area (Å²) in [5.41, 5.74) is 1.84. The summed E-state index contributed by atoms with van der Waals surface area (Å²) in [5, 5.41) is 0. The molecule has 0 aliphatic carbocycles. The van der Waals surface area contributed by atoms with E-state index in [2.05, 4.69) is 0 Å². The lowest BCUT2D eigenvalue weighted by Crippen LogP contribution is -2.15. The van der Waals surface area contributed by atoms with Crippen molar-refractivity contribution in [2.24, 2.45) is 0 Å². The van der Waals surface area contributed by atoms with E-state index in [0.717, 1.165) is 48.3 Å². The number of esters is 2. The van der Waals surface area contributed by atoms with Crippen molar-refractivity contribution in [3.63, 3.8) is 0 Å². The highest BCUT2D eigenvalue weighted by molar-refractivity contribution is 5.66. The average Bonchev–Trinajstić information content (AvgIpc) is 3.09. The van der Waals surface area contributed by atoms with Crippen molar-refractivity contribution in [1.82, 2.24) is 0 Å². The van der Waals surface area contributed by atoms with Crippen molar-refractivity contribution >= 4 is 11.9 Å². The van der Waals surface area contributed by atoms with Gasteiger partial charge in [-0.05, 0) is 61.1 Å². The number of unbranched alkanes of at least 4 members (excludes halogenated alkanes) is 2. The van der Waals surface area contributed by atoms with E-state index in [1.807, 2.05) is 84.9 Å². The molecule has 0 radical (unpaired) electrons. The Balaban J connectivity index is 1.12. The molecule has 3 rings (SSSR count). The zero-order valence-corrected chi connectivity index (χ0v) is 28.2. The lowest BCUT2D eigenvalue weighted by molar-refractivity contribution is -0.150. The lowest BCUT2D eigenvalue weighted by atomic mass is 10.1. The van der Waals surface area contributed by atoms with Crippen LogP contribution in [-0.4, -0.2) is 78.0 Å². The van der Waals surface area contributed by atoms with Crippen LogP contribution in [0.3, 0.4) is 0 Å². The molecule has 0 heterocycles. The van der Waals surface area contributed by atoms with Crippen LogP contribution < -0.4 is 9.47 Å². The molecule has 2 unspecified atom stereocenters. The first-order chi connectivity index (χ1) is 23.5. The number of benzene rings is 3. The van der Waals surface area contributed by atoms with Crippen molar-refractivity contribution < 1.29 is 47.5 Å². The summed E-state index contributed by atoms with van der Waals surface area (Å²) >= 11 is 0. The minimum Gasteiger partial charge on any atom is -0.491 e. The predicted molar refractivity (Wildman–Crippen MR) is 181 cm³/mol. The molecule has 0 N–H and O–H groups in total. The fourth-order valence-corrected chi connectivity index (χ4v) is 4.60. The van der Waals surface area contributed by atoms with Gasteiger partial charge in [-0.25, -0.2) is 0 Å². The number of ether oxygens (including phenoxy) is 8. The van der Waals surface area contributed by atoms with Crippen LogP contribution in [0, 0.1) is 0 Å². The van der Waals surface area contributed by atoms with Crippen LogP contribution >= 0.6 is 0 Å². The Hall–Kier alpha value is -3.96. The highest BCUT2D eigenvalue weighted by atomic mass is 16.6. The third kappa shape index (κ3) is 17.3. The summed E-state index contributed by atoms with van der Waals surface area (Å²) in [5.74, 6) is 0.852. The van der Waals surface area contributed by atoms with Gasteiger partial charge in [0.1, 0.15) is 24.7 Å². The molecule has 0 aliphatic rings. The largest absolute Gasteiger partial charge is 0.491 e. The van der Waals surface area contributed by atoms with Gasteiger partial charge < -0.3 is 37.9 Å². The van der Waals surface area contributed by atoms with Crippen LogP contribution in [0.15, 0.2) is 84.9 Å². The number of rotatable bonds is 26. The molecule has 3 aromatic carbocycles. The summed E-state index contributed by atoms with van der Waals surface area (Å²) in [4.78, 5) is 22.8. The van der Waals surface area contributed by atoms with E-state index in [4.69, 9.17) is 37.9 Å². The van der Waals surface area contributed by atoms with Crippen LogP contribution in [-0.2, 0) is 38.0 Å². The van der Waals surface area contributed by atoms with E-state index in [1.165, 1.54) is 13.8 Å². The molecule has 0 spiro atoms. The summed E-state index contributed by atoms with van der Waals surface area (Å²) in [7, 11) is 0. The second-order valence-electron chi connectivity index (χ2n) is 11.0. The zero-order chi connectivity index (χ0) is 34.1. The molecular weight excluding hydrogens is 616 g/mol. The van der Waals surface area contributed by atoms with E-state index in [0.29, 0.717) is 66.1 Å². The topological polar surface area (TPSA) is 108 Å². The summed E-state index contributed by atoms with van der Waals surface area (Å²) in [6.07, 6.45) is 2.62. The molecule has 10 heteroatoms. The normalized spacial score (nSPS) is 12.2. The number of carbonyl (C=O) groups is 2. The summed E-state index contributed by atoms with van der Waals surface area (Å²) < 4.78 is 45.1. The molecule has 10 nitrogen and oxygen atoms in total. The molecule has 0 bridgehead atoms. The Morgan fingerprint density at radius 3 is 1.17 bits per heavy atom. The van der Waals surface area contributed by atoms with Crippen LogP contribution in [0.2, 0.25) is 0 Å². The third-order valence-electron chi connectivity index (χ3n) is 6.97. The highest BCUT2D eigenvalue weighted by Crippen LogP contribution is 2.20. The van der Waals surface area contributed by atoms with Crippen molar-refractivity contribution in [3.8, 4) is 11.5 Å². The predicted octanol–water partition coefficient (Wildman–Crippen LogP) is 6.68. The van der Waals surface area contributed by atoms with Crippen LogP contribution in [0.4, 0.5) is 0 Å². The van der Waals surface area contributed by atoms with Crippen LogP contribution in [0.25, 0.3) is 0 Å². The van der Waals surface area contributed by atoms with E-state index >= 15 is 0 Å². The van der Waals surface area contributed by atoms with E-state index in [9.17, 15) is 9.59 Å². The van der Waals surface area contributed by atoms with Gasteiger partial charge in [-0.2, -0.15) is 0 Å². The van der Waals surface area contributed by atoms with Gasteiger partial charge in [0.2, 0.25) is 0 Å². The summed E-state index contributed by atoms with van der Waals surface area (Å²) in [6, 6.07) is 26.7. The molecule has 0 saturated heterocycles. The Bertz CT molecular complexity index is 1150. The van der Waals surface area contributed by atoms with Gasteiger partial charge in [0.15, 0.2) is 12.2 Å². The van der Waals surface area contributed by atoms with Crippen molar-refractivity contribution in [2.75, 3.05) is 66.1 Å². The summed E-state index contributed by atoms with van der Waals surface area (Å²) in [6.45, 7) is 7.73. The van der Waals surface area contributed by atoms with Gasteiger partial charge >= 0.3 is 11.9 Å². The van der Waals surface area contributed by atoms with Crippen molar-refractivity contribution in [1.29, 1.82) is 0 Å². The van der Waals surface area contributed by atoms with Crippen molar-refractivity contribution in [3.05, 3.63) is 96.1 Å². The van der Waals surface area contributed by atoms with Gasteiger partial charge in [-0.3, -0.25) is 9.59 Å². The number of hydrogen-bond donors (Lipinski definition) is 0. The molecule has 48 heavy (non-hydrogen) atoms. The second kappa shape index (κ2) is 24.2. The Labute approximate surface area is 284 Å². The first-order valence-electron chi connectivity index (χ1n) is 16.6. The maximum atomic E-state index is 11.4. The van der Waals surface area contributed by atoms with Crippen LogP contribution in [0.1, 0.15) is 62.9 Å². The van der Waals surface area contributed by atoms with E-state index in [-0.39, 0.29) is 11.9 Å². The van der Waals surface area contributed by atoms with Crippen molar-refractivity contribution in [2.45, 2.75) is 51.7 Å². The fraction of sp³-hybridized carbons (Fsp3) is 0.474. The van der Waals surface area contributed by atoms with Gasteiger partial charge in [-0.1, -0.05) is 60.7 Å².